The lowest BCUT2D eigenvalue weighted by atomic mass is 10.0. The lowest BCUT2D eigenvalue weighted by Gasteiger charge is -2.24. The van der Waals surface area contributed by atoms with E-state index in [0.717, 1.165) is 13.0 Å². The molecule has 5 heteroatoms. The van der Waals surface area contributed by atoms with Gasteiger partial charge in [-0.2, -0.15) is 0 Å². The van der Waals surface area contributed by atoms with Gasteiger partial charge >= 0.3 is 0 Å². The number of hydrogen-bond acceptors (Lipinski definition) is 3. The molecule has 0 heterocycles. The third-order valence-corrected chi connectivity index (χ3v) is 2.87. The van der Waals surface area contributed by atoms with Crippen molar-refractivity contribution in [2.45, 2.75) is 12.5 Å². The highest BCUT2D eigenvalue weighted by Crippen LogP contribution is 2.21. The van der Waals surface area contributed by atoms with E-state index >= 15 is 0 Å². The zero-order valence-electron chi connectivity index (χ0n) is 11.7. The number of benzene rings is 1. The minimum absolute atomic E-state index is 0.175. The highest BCUT2D eigenvalue weighted by Gasteiger charge is 2.24. The molecule has 0 saturated carbocycles. The zero-order valence-corrected chi connectivity index (χ0v) is 11.7. The average molecular weight is 267 g/mol. The molecule has 0 saturated heterocycles. The van der Waals surface area contributed by atoms with Gasteiger partial charge in [0.25, 0.3) is 0 Å². The van der Waals surface area contributed by atoms with Crippen molar-refractivity contribution >= 4 is 5.91 Å². The van der Waals surface area contributed by atoms with Crippen LogP contribution in [0.3, 0.4) is 0 Å². The molecule has 1 rings (SSSR count). The van der Waals surface area contributed by atoms with Gasteiger partial charge in [0.2, 0.25) is 5.91 Å². The maximum absolute atomic E-state index is 13.8. The normalized spacial score (nSPS) is 12.5. The summed E-state index contributed by atoms with van der Waals surface area (Å²) in [4.78, 5) is 13.9. The van der Waals surface area contributed by atoms with E-state index in [4.69, 9.17) is 0 Å². The summed E-state index contributed by atoms with van der Waals surface area (Å²) in [5.74, 6) is -0.530. The van der Waals surface area contributed by atoms with E-state index in [2.05, 4.69) is 10.6 Å². The van der Waals surface area contributed by atoms with Crippen molar-refractivity contribution in [2.75, 3.05) is 34.2 Å². The van der Waals surface area contributed by atoms with Gasteiger partial charge in [-0.15, -0.1) is 0 Å². The van der Waals surface area contributed by atoms with Crippen LogP contribution in [0.15, 0.2) is 24.3 Å². The predicted octanol–water partition coefficient (Wildman–Crippen LogP) is 1.15. The molecule has 0 aliphatic rings. The van der Waals surface area contributed by atoms with Crippen LogP contribution in [0.4, 0.5) is 4.39 Å². The molecule has 19 heavy (non-hydrogen) atoms. The van der Waals surface area contributed by atoms with Crippen molar-refractivity contribution < 1.29 is 9.18 Å². The Kier molecular flexibility index (Phi) is 6.45. The average Bonchev–Trinajstić information content (AvgIpc) is 2.37. The first-order valence-corrected chi connectivity index (χ1v) is 6.41. The first-order chi connectivity index (χ1) is 9.07. The second-order valence-electron chi connectivity index (χ2n) is 4.64. The minimum Gasteiger partial charge on any atom is -0.354 e. The third-order valence-electron chi connectivity index (χ3n) is 2.87. The first-order valence-electron chi connectivity index (χ1n) is 6.41. The van der Waals surface area contributed by atoms with Crippen LogP contribution in [-0.2, 0) is 4.79 Å². The molecule has 1 atom stereocenters. The monoisotopic (exact) mass is 267 g/mol. The fraction of sp³-hybridized carbons (Fsp3) is 0.500. The Labute approximate surface area is 114 Å². The summed E-state index contributed by atoms with van der Waals surface area (Å²) in [5, 5.41) is 5.85. The number of carbonyl (C=O) groups excluding carboxylic acids is 1. The van der Waals surface area contributed by atoms with Crippen LogP contribution in [-0.4, -0.2) is 45.0 Å². The Morgan fingerprint density at radius 3 is 2.58 bits per heavy atom. The van der Waals surface area contributed by atoms with Gasteiger partial charge in [-0.1, -0.05) is 18.2 Å². The second-order valence-corrected chi connectivity index (χ2v) is 4.64. The van der Waals surface area contributed by atoms with Crippen LogP contribution in [0.2, 0.25) is 0 Å². The van der Waals surface area contributed by atoms with Crippen LogP contribution >= 0.6 is 0 Å². The van der Waals surface area contributed by atoms with E-state index in [1.807, 2.05) is 7.05 Å². The summed E-state index contributed by atoms with van der Waals surface area (Å²) in [5.41, 5.74) is 0.401. The van der Waals surface area contributed by atoms with Crippen molar-refractivity contribution in [1.82, 2.24) is 15.5 Å². The Hall–Kier alpha value is -1.46. The number of halogens is 1. The highest BCUT2D eigenvalue weighted by molar-refractivity contribution is 5.83. The number of likely N-dealkylation sites (N-methyl/N-ethyl adjacent to an activating group) is 1. The standard InChI is InChI=1S/C14H22FN3O/c1-16-9-6-10-17-14(19)13(18(2)3)11-7-4-5-8-12(11)15/h4-5,7-8,13,16H,6,9-10H2,1-3H3,(H,17,19)/t13-/m0/s1. The van der Waals surface area contributed by atoms with Gasteiger partial charge in [-0.3, -0.25) is 9.69 Å². The quantitative estimate of drug-likeness (QED) is 0.729. The van der Waals surface area contributed by atoms with Crippen LogP contribution < -0.4 is 10.6 Å². The van der Waals surface area contributed by atoms with Crippen molar-refractivity contribution in [1.29, 1.82) is 0 Å². The molecule has 2 N–H and O–H groups in total. The summed E-state index contributed by atoms with van der Waals surface area (Å²) < 4.78 is 13.8. The summed E-state index contributed by atoms with van der Waals surface area (Å²) in [6, 6.07) is 5.78. The fourth-order valence-corrected chi connectivity index (χ4v) is 1.92. The smallest absolute Gasteiger partial charge is 0.242 e. The molecule has 0 unspecified atom stereocenters. The van der Waals surface area contributed by atoms with E-state index in [9.17, 15) is 9.18 Å². The van der Waals surface area contributed by atoms with Crippen LogP contribution in [0, 0.1) is 5.82 Å². The number of carbonyl (C=O) groups is 1. The fourth-order valence-electron chi connectivity index (χ4n) is 1.92. The lowest BCUT2D eigenvalue weighted by Crippen LogP contribution is -2.38. The van der Waals surface area contributed by atoms with Gasteiger partial charge in [0.05, 0.1) is 0 Å². The van der Waals surface area contributed by atoms with Crippen molar-refractivity contribution in [3.8, 4) is 0 Å². The molecular formula is C14H22FN3O. The van der Waals surface area contributed by atoms with Crippen molar-refractivity contribution in [2.24, 2.45) is 0 Å². The number of nitrogens with one attached hydrogen (secondary N) is 2. The molecule has 106 valence electrons. The van der Waals surface area contributed by atoms with Gasteiger partial charge < -0.3 is 10.6 Å². The molecule has 4 nitrogen and oxygen atoms in total. The van der Waals surface area contributed by atoms with E-state index in [-0.39, 0.29) is 11.7 Å². The second kappa shape index (κ2) is 7.86. The molecular weight excluding hydrogens is 245 g/mol. The Balaban J connectivity index is 2.73. The number of rotatable bonds is 7. The zero-order chi connectivity index (χ0) is 14.3. The SMILES string of the molecule is CNCCCNC(=O)[C@H](c1ccccc1F)N(C)C. The minimum atomic E-state index is -0.601. The van der Waals surface area contributed by atoms with E-state index < -0.39 is 6.04 Å². The molecule has 0 aliphatic heterocycles. The van der Waals surface area contributed by atoms with Gasteiger partial charge in [0.1, 0.15) is 11.9 Å². The largest absolute Gasteiger partial charge is 0.354 e. The van der Waals surface area contributed by atoms with Crippen LogP contribution in [0.25, 0.3) is 0 Å². The number of amides is 1. The van der Waals surface area contributed by atoms with E-state index in [0.29, 0.717) is 12.1 Å². The van der Waals surface area contributed by atoms with Crippen molar-refractivity contribution in [3.63, 3.8) is 0 Å². The summed E-state index contributed by atoms with van der Waals surface area (Å²) >= 11 is 0. The topological polar surface area (TPSA) is 44.4 Å². The van der Waals surface area contributed by atoms with Gasteiger partial charge in [0.15, 0.2) is 0 Å². The summed E-state index contributed by atoms with van der Waals surface area (Å²) in [6.45, 7) is 1.42. The van der Waals surface area contributed by atoms with E-state index in [1.54, 1.807) is 37.2 Å². The molecule has 0 radical (unpaired) electrons. The maximum atomic E-state index is 13.8. The predicted molar refractivity (Wildman–Crippen MR) is 74.4 cm³/mol. The van der Waals surface area contributed by atoms with Gasteiger partial charge in [-0.05, 0) is 40.2 Å². The molecule has 1 aromatic rings. The Morgan fingerprint density at radius 2 is 2.00 bits per heavy atom. The summed E-state index contributed by atoms with van der Waals surface area (Å²) in [6.07, 6.45) is 0.847. The van der Waals surface area contributed by atoms with Crippen LogP contribution in [0.5, 0.6) is 0 Å². The first kappa shape index (κ1) is 15.6. The molecule has 0 aliphatic carbocycles. The van der Waals surface area contributed by atoms with Crippen LogP contribution in [0.1, 0.15) is 18.0 Å². The highest BCUT2D eigenvalue weighted by atomic mass is 19.1. The number of hydrogen-bond donors (Lipinski definition) is 2. The third kappa shape index (κ3) is 4.61. The lowest BCUT2D eigenvalue weighted by molar-refractivity contribution is -0.125. The van der Waals surface area contributed by atoms with Crippen molar-refractivity contribution in [3.05, 3.63) is 35.6 Å². The Bertz CT molecular complexity index is 409. The molecule has 0 spiro atoms. The van der Waals surface area contributed by atoms with Gasteiger partial charge in [-0.25, -0.2) is 4.39 Å². The molecule has 0 bridgehead atoms. The molecule has 1 amide bonds. The van der Waals surface area contributed by atoms with Gasteiger partial charge in [0, 0.05) is 12.1 Å². The molecule has 0 fully saturated rings. The Morgan fingerprint density at radius 1 is 1.32 bits per heavy atom. The number of nitrogens with zero attached hydrogens (tertiary/aromatic N) is 1. The molecule has 0 aromatic heterocycles. The van der Waals surface area contributed by atoms with E-state index in [1.165, 1.54) is 6.07 Å². The molecule has 1 aromatic carbocycles. The maximum Gasteiger partial charge on any atom is 0.242 e. The summed E-state index contributed by atoms with van der Waals surface area (Å²) in [7, 11) is 5.40.